The highest BCUT2D eigenvalue weighted by Gasteiger charge is 2.21. The molecule has 2 aromatic carbocycles. The second-order valence-corrected chi connectivity index (χ2v) is 7.34. The van der Waals surface area contributed by atoms with Crippen molar-refractivity contribution in [1.29, 1.82) is 0 Å². The number of hydrogen-bond acceptors (Lipinski definition) is 4. The Bertz CT molecular complexity index is 741. The normalized spacial score (nSPS) is 11.7. The fourth-order valence-electron chi connectivity index (χ4n) is 2.84. The number of aryl methyl sites for hydroxylation is 1. The molecule has 0 saturated carbocycles. The van der Waals surface area contributed by atoms with Crippen LogP contribution < -0.4 is 5.32 Å². The number of esters is 1. The Morgan fingerprint density at radius 1 is 1.04 bits per heavy atom. The van der Waals surface area contributed by atoms with Gasteiger partial charge < -0.3 is 10.1 Å². The Morgan fingerprint density at radius 3 is 2.15 bits per heavy atom. The molecular weight excluding hydrogens is 358 g/mol. The molecule has 0 radical (unpaired) electrons. The minimum absolute atomic E-state index is 0.267. The average Bonchev–Trinajstić information content (AvgIpc) is 2.71. The van der Waals surface area contributed by atoms with Crippen molar-refractivity contribution in [2.75, 3.05) is 19.1 Å². The van der Waals surface area contributed by atoms with E-state index in [1.54, 1.807) is 23.9 Å². The van der Waals surface area contributed by atoms with Crippen LogP contribution in [0.3, 0.4) is 0 Å². The van der Waals surface area contributed by atoms with Gasteiger partial charge in [0.05, 0.1) is 7.11 Å². The average molecular weight is 386 g/mol. The molecule has 0 saturated heterocycles. The smallest absolute Gasteiger partial charge is 0.328 e. The van der Waals surface area contributed by atoms with Crippen molar-refractivity contribution >= 4 is 23.6 Å². The maximum atomic E-state index is 12.5. The largest absolute Gasteiger partial charge is 0.467 e. The lowest BCUT2D eigenvalue weighted by Crippen LogP contribution is -2.41. The number of methoxy groups -OCH3 is 1. The van der Waals surface area contributed by atoms with Gasteiger partial charge in [0, 0.05) is 5.56 Å². The zero-order chi connectivity index (χ0) is 19.6. The first kappa shape index (κ1) is 21.0. The summed E-state index contributed by atoms with van der Waals surface area (Å²) in [6.45, 7) is 2.17. The molecule has 0 fully saturated rings. The number of carbonyl (C=O) groups excluding carboxylic acids is 2. The number of nitrogens with one attached hydrogen (secondary N) is 1. The first-order valence-corrected chi connectivity index (χ1v) is 10.6. The van der Waals surface area contributed by atoms with E-state index < -0.39 is 12.0 Å². The van der Waals surface area contributed by atoms with Crippen LogP contribution in [0.25, 0.3) is 11.1 Å². The van der Waals surface area contributed by atoms with Crippen molar-refractivity contribution in [2.45, 2.75) is 32.2 Å². The summed E-state index contributed by atoms with van der Waals surface area (Å²) in [4.78, 5) is 24.3. The molecule has 0 heterocycles. The third-order valence-corrected chi connectivity index (χ3v) is 5.02. The Balaban J connectivity index is 2.06. The van der Waals surface area contributed by atoms with E-state index in [4.69, 9.17) is 4.74 Å². The molecule has 0 unspecified atom stereocenters. The van der Waals surface area contributed by atoms with Crippen LogP contribution >= 0.6 is 11.8 Å². The molecule has 2 aromatic rings. The van der Waals surface area contributed by atoms with E-state index in [-0.39, 0.29) is 5.91 Å². The third kappa shape index (κ3) is 6.14. The summed E-state index contributed by atoms with van der Waals surface area (Å²) in [5.74, 6) is 0.0880. The molecular formula is C22H27NO3S. The highest BCUT2D eigenvalue weighted by molar-refractivity contribution is 7.98. The fourth-order valence-corrected chi connectivity index (χ4v) is 3.31. The van der Waals surface area contributed by atoms with E-state index in [0.717, 1.165) is 29.7 Å². The van der Waals surface area contributed by atoms with Crippen LogP contribution in [0.15, 0.2) is 48.5 Å². The Morgan fingerprint density at radius 2 is 1.63 bits per heavy atom. The Kier molecular flexibility index (Phi) is 8.40. The van der Waals surface area contributed by atoms with Gasteiger partial charge in [-0.25, -0.2) is 4.79 Å². The lowest BCUT2D eigenvalue weighted by molar-refractivity contribution is -0.142. The number of benzene rings is 2. The molecule has 4 nitrogen and oxygen atoms in total. The summed E-state index contributed by atoms with van der Waals surface area (Å²) < 4.78 is 4.79. The van der Waals surface area contributed by atoms with Crippen LogP contribution in [-0.2, 0) is 16.0 Å². The van der Waals surface area contributed by atoms with Crippen molar-refractivity contribution < 1.29 is 14.3 Å². The molecule has 1 atom stereocenters. The van der Waals surface area contributed by atoms with E-state index in [1.807, 2.05) is 18.4 Å². The maximum absolute atomic E-state index is 12.5. The van der Waals surface area contributed by atoms with Crippen LogP contribution in [0, 0.1) is 0 Å². The molecule has 2 rings (SSSR count). The number of amides is 1. The van der Waals surface area contributed by atoms with E-state index >= 15 is 0 Å². The van der Waals surface area contributed by atoms with Crippen molar-refractivity contribution in [2.24, 2.45) is 0 Å². The van der Waals surface area contributed by atoms with Gasteiger partial charge in [-0.3, -0.25) is 4.79 Å². The molecule has 0 aromatic heterocycles. The van der Waals surface area contributed by atoms with Crippen LogP contribution in [-0.4, -0.2) is 37.0 Å². The van der Waals surface area contributed by atoms with Gasteiger partial charge in [0.15, 0.2) is 0 Å². The van der Waals surface area contributed by atoms with Crippen LogP contribution in [0.2, 0.25) is 0 Å². The molecule has 0 spiro atoms. The van der Waals surface area contributed by atoms with Gasteiger partial charge in [-0.05, 0) is 53.7 Å². The van der Waals surface area contributed by atoms with Crippen LogP contribution in [0.4, 0.5) is 0 Å². The van der Waals surface area contributed by atoms with Gasteiger partial charge in [-0.1, -0.05) is 49.7 Å². The molecule has 0 bridgehead atoms. The summed E-state index contributed by atoms with van der Waals surface area (Å²) in [5.41, 5.74) is 4.03. The van der Waals surface area contributed by atoms with Crippen molar-refractivity contribution in [3.05, 3.63) is 59.7 Å². The first-order valence-electron chi connectivity index (χ1n) is 9.16. The van der Waals surface area contributed by atoms with E-state index in [0.29, 0.717) is 12.0 Å². The van der Waals surface area contributed by atoms with E-state index in [1.165, 1.54) is 12.7 Å². The minimum Gasteiger partial charge on any atom is -0.467 e. The molecule has 5 heteroatoms. The zero-order valence-electron chi connectivity index (χ0n) is 16.2. The topological polar surface area (TPSA) is 55.4 Å². The highest BCUT2D eigenvalue weighted by atomic mass is 32.2. The van der Waals surface area contributed by atoms with Gasteiger partial charge in [0.1, 0.15) is 6.04 Å². The van der Waals surface area contributed by atoms with Crippen LogP contribution in [0.1, 0.15) is 35.7 Å². The summed E-state index contributed by atoms with van der Waals surface area (Å²) >= 11 is 1.63. The van der Waals surface area contributed by atoms with Gasteiger partial charge in [0.2, 0.25) is 0 Å². The van der Waals surface area contributed by atoms with Gasteiger partial charge in [0.25, 0.3) is 5.91 Å². The second kappa shape index (κ2) is 10.8. The maximum Gasteiger partial charge on any atom is 0.328 e. The third-order valence-electron chi connectivity index (χ3n) is 4.37. The van der Waals surface area contributed by atoms with Crippen LogP contribution in [0.5, 0.6) is 0 Å². The van der Waals surface area contributed by atoms with Gasteiger partial charge in [-0.2, -0.15) is 11.8 Å². The molecule has 144 valence electrons. The standard InChI is InChI=1S/C22H27NO3S/c1-4-5-16-6-8-17(9-7-16)18-10-12-19(13-11-18)21(24)23-20(14-15-27-3)22(25)26-2/h6-13,20H,4-5,14-15H2,1-3H3,(H,23,24)/t20-/m0/s1. The predicted octanol–water partition coefficient (Wildman–Crippen LogP) is 4.33. The Labute approximate surface area is 165 Å². The zero-order valence-corrected chi connectivity index (χ0v) is 17.0. The quantitative estimate of drug-likeness (QED) is 0.653. The van der Waals surface area contributed by atoms with Crippen molar-refractivity contribution in [3.63, 3.8) is 0 Å². The second-order valence-electron chi connectivity index (χ2n) is 6.35. The Hall–Kier alpha value is -2.27. The number of thioether (sulfide) groups is 1. The van der Waals surface area contributed by atoms with Crippen molar-refractivity contribution in [3.8, 4) is 11.1 Å². The highest BCUT2D eigenvalue weighted by Crippen LogP contribution is 2.21. The minimum atomic E-state index is -0.624. The first-order chi connectivity index (χ1) is 13.1. The fraction of sp³-hybridized carbons (Fsp3) is 0.364. The summed E-state index contributed by atoms with van der Waals surface area (Å²) in [6.07, 6.45) is 4.72. The van der Waals surface area contributed by atoms with E-state index in [9.17, 15) is 9.59 Å². The summed E-state index contributed by atoms with van der Waals surface area (Å²) in [6, 6.07) is 15.3. The molecule has 1 amide bonds. The molecule has 1 N–H and O–H groups in total. The monoisotopic (exact) mass is 385 g/mol. The lowest BCUT2D eigenvalue weighted by Gasteiger charge is -2.16. The lowest BCUT2D eigenvalue weighted by atomic mass is 10.0. The van der Waals surface area contributed by atoms with Crippen molar-refractivity contribution in [1.82, 2.24) is 5.32 Å². The predicted molar refractivity (Wildman–Crippen MR) is 112 cm³/mol. The van der Waals surface area contributed by atoms with Gasteiger partial charge in [-0.15, -0.1) is 0 Å². The number of carbonyl (C=O) groups is 2. The molecule has 27 heavy (non-hydrogen) atoms. The molecule has 0 aliphatic carbocycles. The molecule has 0 aliphatic rings. The summed E-state index contributed by atoms with van der Waals surface area (Å²) in [5, 5.41) is 2.77. The molecule has 0 aliphatic heterocycles. The SMILES string of the molecule is CCCc1ccc(-c2ccc(C(=O)N[C@@H](CCSC)C(=O)OC)cc2)cc1. The number of ether oxygens (including phenoxy) is 1. The number of hydrogen-bond donors (Lipinski definition) is 1. The van der Waals surface area contributed by atoms with E-state index in [2.05, 4.69) is 36.5 Å². The van der Waals surface area contributed by atoms with Gasteiger partial charge >= 0.3 is 5.97 Å². The summed E-state index contributed by atoms with van der Waals surface area (Å²) in [7, 11) is 1.33. The number of rotatable bonds is 9.